The Morgan fingerprint density at radius 3 is 1.89 bits per heavy atom. The van der Waals surface area contributed by atoms with E-state index in [1.807, 2.05) is 64.3 Å². The molecule has 4 atom stereocenters. The molecule has 0 aliphatic heterocycles. The Hall–Kier alpha value is -2.59. The number of carbonyl (C=O) groups excluding carboxylic acids is 3. The van der Waals surface area contributed by atoms with Crippen molar-refractivity contribution in [3.05, 3.63) is 35.9 Å². The molecule has 0 fully saturated rings. The van der Waals surface area contributed by atoms with E-state index in [1.165, 1.54) is 11.8 Å². The Balaban J connectivity index is 3.08. The Morgan fingerprint density at radius 2 is 1.36 bits per heavy atom. The lowest BCUT2D eigenvalue weighted by atomic mass is 9.99. The van der Waals surface area contributed by atoms with Crippen LogP contribution in [0.15, 0.2) is 30.3 Å². The molecule has 0 heterocycles. The Morgan fingerprint density at radius 1 is 0.833 bits per heavy atom. The van der Waals surface area contributed by atoms with E-state index in [0.29, 0.717) is 18.6 Å². The van der Waals surface area contributed by atoms with Gasteiger partial charge < -0.3 is 26.8 Å². The highest BCUT2D eigenvalue weighted by Gasteiger charge is 2.31. The third kappa shape index (κ3) is 11.9. The summed E-state index contributed by atoms with van der Waals surface area (Å²) in [6.45, 7) is 7.73. The van der Waals surface area contributed by atoms with E-state index >= 15 is 0 Å². The standard InChI is InChI=1S/C26H42N4O5S/c1-16(2)13-19(27)23(31)29-22(15-18-9-7-6-8-10-18)25(33)30-21(14-17(3)4)24(32)28-20(26(34)35)11-12-36-5/h6-10,16-17,19-22H,11-15,27H2,1-5H3,(H,28,32)(H,29,31)(H,30,33)(H,34,35). The third-order valence-electron chi connectivity index (χ3n) is 5.54. The molecule has 6 N–H and O–H groups in total. The zero-order valence-corrected chi connectivity index (χ0v) is 22.8. The zero-order chi connectivity index (χ0) is 27.3. The van der Waals surface area contributed by atoms with Crippen LogP contribution in [0.4, 0.5) is 0 Å². The van der Waals surface area contributed by atoms with E-state index in [0.717, 1.165) is 5.56 Å². The van der Waals surface area contributed by atoms with Gasteiger partial charge in [-0.1, -0.05) is 58.0 Å². The normalized spacial score (nSPS) is 14.6. The fourth-order valence-electron chi connectivity index (χ4n) is 3.69. The van der Waals surface area contributed by atoms with E-state index in [4.69, 9.17) is 5.73 Å². The van der Waals surface area contributed by atoms with Gasteiger partial charge in [-0.05, 0) is 48.7 Å². The van der Waals surface area contributed by atoms with Crippen molar-refractivity contribution in [3.8, 4) is 0 Å². The largest absolute Gasteiger partial charge is 0.480 e. The van der Waals surface area contributed by atoms with Gasteiger partial charge in [0.05, 0.1) is 6.04 Å². The fraction of sp³-hybridized carbons (Fsp3) is 0.615. The first-order valence-electron chi connectivity index (χ1n) is 12.4. The second kappa shape index (κ2) is 16.2. The van der Waals surface area contributed by atoms with Crippen LogP contribution in [-0.4, -0.2) is 65.0 Å². The maximum atomic E-state index is 13.3. The quantitative estimate of drug-likeness (QED) is 0.223. The molecular formula is C26H42N4O5S. The van der Waals surface area contributed by atoms with Crippen LogP contribution in [0.25, 0.3) is 0 Å². The number of benzene rings is 1. The lowest BCUT2D eigenvalue weighted by Gasteiger charge is -2.26. The molecule has 0 radical (unpaired) electrons. The number of rotatable bonds is 16. The van der Waals surface area contributed by atoms with Crippen molar-refractivity contribution < 1.29 is 24.3 Å². The summed E-state index contributed by atoms with van der Waals surface area (Å²) >= 11 is 1.49. The first kappa shape index (κ1) is 31.4. The minimum Gasteiger partial charge on any atom is -0.480 e. The van der Waals surface area contributed by atoms with Crippen LogP contribution in [0.3, 0.4) is 0 Å². The molecule has 4 unspecified atom stereocenters. The van der Waals surface area contributed by atoms with Gasteiger partial charge in [0.15, 0.2) is 0 Å². The van der Waals surface area contributed by atoms with E-state index in [2.05, 4.69) is 16.0 Å². The van der Waals surface area contributed by atoms with Crippen LogP contribution in [-0.2, 0) is 25.6 Å². The summed E-state index contributed by atoms with van der Waals surface area (Å²) < 4.78 is 0. The summed E-state index contributed by atoms with van der Waals surface area (Å²) in [5.41, 5.74) is 6.87. The van der Waals surface area contributed by atoms with Crippen LogP contribution in [0.5, 0.6) is 0 Å². The van der Waals surface area contributed by atoms with Crippen LogP contribution in [0.1, 0.15) is 52.5 Å². The van der Waals surface area contributed by atoms with Crippen molar-refractivity contribution in [1.29, 1.82) is 0 Å². The molecule has 0 bridgehead atoms. The van der Waals surface area contributed by atoms with Crippen molar-refractivity contribution in [3.63, 3.8) is 0 Å². The molecule has 0 aliphatic carbocycles. The molecular weight excluding hydrogens is 480 g/mol. The number of nitrogens with one attached hydrogen (secondary N) is 3. The molecule has 1 aromatic carbocycles. The molecule has 0 aliphatic rings. The first-order valence-corrected chi connectivity index (χ1v) is 13.8. The van der Waals surface area contributed by atoms with Crippen molar-refractivity contribution in [2.24, 2.45) is 17.6 Å². The zero-order valence-electron chi connectivity index (χ0n) is 22.0. The van der Waals surface area contributed by atoms with Crippen LogP contribution in [0, 0.1) is 11.8 Å². The highest BCUT2D eigenvalue weighted by atomic mass is 32.2. The molecule has 0 saturated heterocycles. The van der Waals surface area contributed by atoms with Crippen molar-refractivity contribution in [1.82, 2.24) is 16.0 Å². The van der Waals surface area contributed by atoms with E-state index in [9.17, 15) is 24.3 Å². The minimum atomic E-state index is -1.12. The van der Waals surface area contributed by atoms with E-state index in [-0.39, 0.29) is 24.7 Å². The van der Waals surface area contributed by atoms with Gasteiger partial charge in [-0.15, -0.1) is 0 Å². The van der Waals surface area contributed by atoms with Crippen LogP contribution in [0.2, 0.25) is 0 Å². The second-order valence-corrected chi connectivity index (χ2v) is 10.8. The summed E-state index contributed by atoms with van der Waals surface area (Å²) in [6, 6.07) is 5.52. The second-order valence-electron chi connectivity index (χ2n) is 9.86. The van der Waals surface area contributed by atoms with Crippen LogP contribution >= 0.6 is 11.8 Å². The lowest BCUT2D eigenvalue weighted by Crippen LogP contribution is -2.58. The average Bonchev–Trinajstić information content (AvgIpc) is 2.80. The van der Waals surface area contributed by atoms with Gasteiger partial charge in [-0.25, -0.2) is 4.79 Å². The van der Waals surface area contributed by atoms with Crippen LogP contribution < -0.4 is 21.7 Å². The number of carboxylic acid groups (broad SMARTS) is 1. The number of aliphatic carboxylic acids is 1. The molecule has 0 saturated carbocycles. The Labute approximate surface area is 218 Å². The van der Waals surface area contributed by atoms with E-state index < -0.39 is 47.9 Å². The lowest BCUT2D eigenvalue weighted by molar-refractivity contribution is -0.142. The van der Waals surface area contributed by atoms with Gasteiger partial charge >= 0.3 is 5.97 Å². The average molecular weight is 523 g/mol. The summed E-state index contributed by atoms with van der Waals surface area (Å²) in [4.78, 5) is 50.7. The monoisotopic (exact) mass is 522 g/mol. The molecule has 3 amide bonds. The molecule has 10 heteroatoms. The first-order chi connectivity index (χ1) is 16.9. The highest BCUT2D eigenvalue weighted by Crippen LogP contribution is 2.10. The molecule has 36 heavy (non-hydrogen) atoms. The molecule has 9 nitrogen and oxygen atoms in total. The predicted molar refractivity (Wildman–Crippen MR) is 143 cm³/mol. The summed E-state index contributed by atoms with van der Waals surface area (Å²) in [7, 11) is 0. The number of carbonyl (C=O) groups is 4. The smallest absolute Gasteiger partial charge is 0.326 e. The number of thioether (sulfide) groups is 1. The number of amides is 3. The Bertz CT molecular complexity index is 850. The Kier molecular flexibility index (Phi) is 14.2. The number of hydrogen-bond donors (Lipinski definition) is 5. The molecule has 0 aromatic heterocycles. The van der Waals surface area contributed by atoms with Crippen molar-refractivity contribution >= 4 is 35.5 Å². The highest BCUT2D eigenvalue weighted by molar-refractivity contribution is 7.98. The molecule has 1 aromatic rings. The van der Waals surface area contributed by atoms with Gasteiger partial charge in [0.2, 0.25) is 17.7 Å². The fourth-order valence-corrected chi connectivity index (χ4v) is 4.16. The number of hydrogen-bond acceptors (Lipinski definition) is 6. The van der Waals surface area contributed by atoms with Gasteiger partial charge in [0.1, 0.15) is 18.1 Å². The van der Waals surface area contributed by atoms with Gasteiger partial charge in [0.25, 0.3) is 0 Å². The van der Waals surface area contributed by atoms with Gasteiger partial charge in [-0.3, -0.25) is 14.4 Å². The predicted octanol–water partition coefficient (Wildman–Crippen LogP) is 1.94. The SMILES string of the molecule is CSCCC(NC(=O)C(CC(C)C)NC(=O)C(Cc1ccccc1)NC(=O)C(N)CC(C)C)C(=O)O. The maximum Gasteiger partial charge on any atom is 0.326 e. The van der Waals surface area contributed by atoms with Crippen molar-refractivity contribution in [2.45, 2.75) is 77.5 Å². The molecule has 1 rings (SSSR count). The van der Waals surface area contributed by atoms with E-state index in [1.54, 1.807) is 0 Å². The third-order valence-corrected chi connectivity index (χ3v) is 6.19. The summed E-state index contributed by atoms with van der Waals surface area (Å²) in [6.07, 6.45) is 3.12. The molecule has 202 valence electrons. The summed E-state index contributed by atoms with van der Waals surface area (Å²) in [5.74, 6) is -1.82. The van der Waals surface area contributed by atoms with Gasteiger partial charge in [0, 0.05) is 6.42 Å². The topological polar surface area (TPSA) is 151 Å². The van der Waals surface area contributed by atoms with Gasteiger partial charge in [-0.2, -0.15) is 11.8 Å². The number of nitrogens with two attached hydrogens (primary N) is 1. The minimum absolute atomic E-state index is 0.0529. The van der Waals surface area contributed by atoms with Crippen molar-refractivity contribution in [2.75, 3.05) is 12.0 Å². The molecule has 0 spiro atoms. The number of carboxylic acids is 1. The maximum absolute atomic E-state index is 13.3. The summed E-state index contributed by atoms with van der Waals surface area (Å²) in [5, 5.41) is 17.5.